The minimum atomic E-state index is -1.35. The summed E-state index contributed by atoms with van der Waals surface area (Å²) in [5.41, 5.74) is -0.236. The van der Waals surface area contributed by atoms with E-state index >= 15 is 0 Å². The van der Waals surface area contributed by atoms with Crippen LogP contribution in [0, 0.1) is 33.7 Å². The number of carbonyl (C=O) groups excluding carboxylic acids is 4. The van der Waals surface area contributed by atoms with Crippen molar-refractivity contribution >= 4 is 40.8 Å². The molecule has 4 atom stereocenters. The molecule has 4 rings (SSSR count). The van der Waals surface area contributed by atoms with Crippen LogP contribution in [0.3, 0.4) is 0 Å². The zero-order valence-electron chi connectivity index (χ0n) is 20.0. The molecule has 1 heterocycles. The zero-order chi connectivity index (χ0) is 26.9. The number of rotatable bonds is 8. The van der Waals surface area contributed by atoms with Crippen LogP contribution in [0.25, 0.3) is 0 Å². The van der Waals surface area contributed by atoms with Gasteiger partial charge in [-0.15, -0.1) is 11.6 Å². The molecular formula is C26H25ClFN3O6. The molecule has 0 spiro atoms. The molecule has 2 aromatic rings. The summed E-state index contributed by atoms with van der Waals surface area (Å²) in [5.74, 6) is -4.25. The van der Waals surface area contributed by atoms with E-state index in [1.165, 1.54) is 24.3 Å². The van der Waals surface area contributed by atoms with Gasteiger partial charge in [-0.3, -0.25) is 29.3 Å². The second kappa shape index (κ2) is 10.8. The molecular weight excluding hydrogens is 505 g/mol. The lowest BCUT2D eigenvalue weighted by Gasteiger charge is -2.36. The standard InChI is InChI=1S/C26H25ClFN3O6/c1-15-2-11-20-21(14-15)26(35)30(25(20)34)29(24(33)17-5-9-19(10-6-17)31(36)37)22(12-13-27)23(32)16-3-7-18(28)8-4-16/h3-10,15,20-22H,2,11-14H2,1H3/t15-,20+,21-,22-/m1/s1. The van der Waals surface area contributed by atoms with Gasteiger partial charge in [-0.25, -0.2) is 9.40 Å². The van der Waals surface area contributed by atoms with E-state index in [9.17, 15) is 33.7 Å². The smallest absolute Gasteiger partial charge is 0.273 e. The predicted molar refractivity (Wildman–Crippen MR) is 131 cm³/mol. The topological polar surface area (TPSA) is 118 Å². The van der Waals surface area contributed by atoms with Gasteiger partial charge in [-0.1, -0.05) is 6.92 Å². The number of non-ortho nitro benzene ring substituents is 1. The first-order valence-electron chi connectivity index (χ1n) is 12.0. The van der Waals surface area contributed by atoms with Crippen molar-refractivity contribution in [2.45, 2.75) is 38.6 Å². The summed E-state index contributed by atoms with van der Waals surface area (Å²) in [7, 11) is 0. The molecule has 0 radical (unpaired) electrons. The minimum absolute atomic E-state index is 0.0547. The molecule has 11 heteroatoms. The van der Waals surface area contributed by atoms with E-state index in [0.29, 0.717) is 12.8 Å². The summed E-state index contributed by atoms with van der Waals surface area (Å²) < 4.78 is 13.5. The fourth-order valence-corrected chi connectivity index (χ4v) is 5.30. The van der Waals surface area contributed by atoms with Gasteiger partial charge in [-0.05, 0) is 68.0 Å². The Bertz CT molecular complexity index is 1240. The number of imide groups is 1. The van der Waals surface area contributed by atoms with Crippen LogP contribution >= 0.6 is 11.6 Å². The number of hydrogen-bond acceptors (Lipinski definition) is 6. The Morgan fingerprint density at radius 3 is 2.24 bits per heavy atom. The van der Waals surface area contributed by atoms with E-state index in [-0.39, 0.29) is 35.0 Å². The average molecular weight is 530 g/mol. The largest absolute Gasteiger partial charge is 0.292 e. The Balaban J connectivity index is 1.80. The normalized spacial score (nSPS) is 21.9. The molecule has 1 aliphatic carbocycles. The molecule has 0 bridgehead atoms. The van der Waals surface area contributed by atoms with Crippen molar-refractivity contribution in [3.63, 3.8) is 0 Å². The SMILES string of the molecule is C[C@@H]1CC[C@@H]2C(=O)N(N(C(=O)c3ccc([N+](=O)[O-])cc3)[C@H](CCCl)C(=O)c3ccc(F)cc3)C(=O)[C@@H]2C1. The number of amides is 3. The number of Topliss-reactive ketones (excluding diaryl/α,β-unsaturated/α-hetero) is 1. The fraction of sp³-hybridized carbons (Fsp3) is 0.385. The summed E-state index contributed by atoms with van der Waals surface area (Å²) in [6, 6.07) is 7.99. The zero-order valence-corrected chi connectivity index (χ0v) is 20.8. The first-order valence-corrected chi connectivity index (χ1v) is 12.5. The molecule has 1 saturated carbocycles. The van der Waals surface area contributed by atoms with Crippen LogP contribution in [0.1, 0.15) is 53.3 Å². The molecule has 1 saturated heterocycles. The minimum Gasteiger partial charge on any atom is -0.292 e. The Morgan fingerprint density at radius 1 is 1.05 bits per heavy atom. The highest BCUT2D eigenvalue weighted by Crippen LogP contribution is 2.42. The summed E-state index contributed by atoms with van der Waals surface area (Å²) in [6.07, 6.45) is 1.62. The number of halogens is 2. The lowest BCUT2D eigenvalue weighted by Crippen LogP contribution is -2.57. The van der Waals surface area contributed by atoms with Crippen LogP contribution in [0.2, 0.25) is 0 Å². The Labute approximate surface area is 217 Å². The van der Waals surface area contributed by atoms with Crippen LogP contribution in [-0.4, -0.2) is 50.4 Å². The average Bonchev–Trinajstić information content (AvgIpc) is 3.12. The van der Waals surface area contributed by atoms with Crippen molar-refractivity contribution in [3.05, 3.63) is 75.6 Å². The first-order chi connectivity index (χ1) is 17.6. The van der Waals surface area contributed by atoms with E-state index in [1.807, 2.05) is 6.92 Å². The van der Waals surface area contributed by atoms with E-state index in [1.54, 1.807) is 0 Å². The van der Waals surface area contributed by atoms with Gasteiger partial charge in [0.1, 0.15) is 11.9 Å². The number of nitro groups is 1. The van der Waals surface area contributed by atoms with Crippen LogP contribution in [-0.2, 0) is 9.59 Å². The predicted octanol–water partition coefficient (Wildman–Crippen LogP) is 4.39. The van der Waals surface area contributed by atoms with Crippen LogP contribution in [0.5, 0.6) is 0 Å². The summed E-state index contributed by atoms with van der Waals surface area (Å²) in [5, 5.41) is 12.7. The maximum atomic E-state index is 13.8. The number of ketones is 1. The third-order valence-electron chi connectivity index (χ3n) is 7.02. The highest BCUT2D eigenvalue weighted by atomic mass is 35.5. The fourth-order valence-electron chi connectivity index (χ4n) is 5.09. The maximum Gasteiger partial charge on any atom is 0.273 e. The Hall–Kier alpha value is -3.66. The van der Waals surface area contributed by atoms with Gasteiger partial charge in [0.05, 0.1) is 16.8 Å². The van der Waals surface area contributed by atoms with Gasteiger partial charge >= 0.3 is 0 Å². The van der Waals surface area contributed by atoms with Gasteiger partial charge < -0.3 is 0 Å². The van der Waals surface area contributed by atoms with Gasteiger partial charge in [-0.2, -0.15) is 5.01 Å². The molecule has 9 nitrogen and oxygen atoms in total. The van der Waals surface area contributed by atoms with Crippen molar-refractivity contribution in [2.24, 2.45) is 17.8 Å². The third kappa shape index (κ3) is 5.11. The summed E-state index contributed by atoms with van der Waals surface area (Å²) in [6.45, 7) is 1.99. The molecule has 2 aliphatic rings. The Kier molecular flexibility index (Phi) is 7.68. The quantitative estimate of drug-likeness (QED) is 0.164. The number of hydrogen-bond donors (Lipinski definition) is 0. The maximum absolute atomic E-state index is 13.8. The van der Waals surface area contributed by atoms with Crippen molar-refractivity contribution in [1.82, 2.24) is 10.0 Å². The second-order valence-corrected chi connectivity index (χ2v) is 9.82. The molecule has 1 aliphatic heterocycles. The van der Waals surface area contributed by atoms with Gasteiger partial charge in [0.15, 0.2) is 5.78 Å². The molecule has 194 valence electrons. The molecule has 0 aromatic heterocycles. The molecule has 2 aromatic carbocycles. The van der Waals surface area contributed by atoms with Crippen molar-refractivity contribution < 1.29 is 28.5 Å². The lowest BCUT2D eigenvalue weighted by atomic mass is 9.76. The van der Waals surface area contributed by atoms with Gasteiger partial charge in [0.25, 0.3) is 23.4 Å². The monoisotopic (exact) mass is 529 g/mol. The number of fused-ring (bicyclic) bond motifs is 1. The van der Waals surface area contributed by atoms with Crippen LogP contribution in [0.4, 0.5) is 10.1 Å². The van der Waals surface area contributed by atoms with Crippen molar-refractivity contribution in [1.29, 1.82) is 0 Å². The second-order valence-electron chi connectivity index (χ2n) is 9.44. The van der Waals surface area contributed by atoms with Crippen LogP contribution in [0.15, 0.2) is 48.5 Å². The number of alkyl halides is 1. The number of carbonyl (C=O) groups is 4. The molecule has 37 heavy (non-hydrogen) atoms. The number of benzene rings is 2. The molecule has 3 amide bonds. The van der Waals surface area contributed by atoms with Crippen molar-refractivity contribution in [3.8, 4) is 0 Å². The number of nitro benzene ring substituents is 1. The summed E-state index contributed by atoms with van der Waals surface area (Å²) >= 11 is 6.01. The molecule has 0 N–H and O–H groups in total. The van der Waals surface area contributed by atoms with Gasteiger partial charge in [0, 0.05) is 29.1 Å². The first kappa shape index (κ1) is 26.4. The lowest BCUT2D eigenvalue weighted by molar-refractivity contribution is -0.384. The van der Waals surface area contributed by atoms with E-state index in [0.717, 1.165) is 40.7 Å². The Morgan fingerprint density at radius 2 is 1.65 bits per heavy atom. The highest BCUT2D eigenvalue weighted by molar-refractivity contribution is 6.18. The number of nitrogens with zero attached hydrogens (tertiary/aromatic N) is 3. The summed E-state index contributed by atoms with van der Waals surface area (Å²) in [4.78, 5) is 64.9. The van der Waals surface area contributed by atoms with Crippen molar-refractivity contribution in [2.75, 3.05) is 5.88 Å². The highest BCUT2D eigenvalue weighted by Gasteiger charge is 2.54. The van der Waals surface area contributed by atoms with Crippen LogP contribution < -0.4 is 0 Å². The van der Waals surface area contributed by atoms with E-state index < -0.39 is 52.1 Å². The third-order valence-corrected chi connectivity index (χ3v) is 7.24. The van der Waals surface area contributed by atoms with Gasteiger partial charge in [0.2, 0.25) is 0 Å². The molecule has 2 fully saturated rings. The van der Waals surface area contributed by atoms with E-state index in [4.69, 9.17) is 11.6 Å². The number of hydrazine groups is 1. The molecule has 0 unspecified atom stereocenters. The van der Waals surface area contributed by atoms with E-state index in [2.05, 4.69) is 0 Å².